The summed E-state index contributed by atoms with van der Waals surface area (Å²) in [5, 5.41) is 4.43. The van der Waals surface area contributed by atoms with Crippen LogP contribution in [0.1, 0.15) is 40.4 Å². The predicted octanol–water partition coefficient (Wildman–Crippen LogP) is 3.18. The van der Waals surface area contributed by atoms with E-state index in [4.69, 9.17) is 9.15 Å². The second-order valence-corrected chi connectivity index (χ2v) is 7.23. The summed E-state index contributed by atoms with van der Waals surface area (Å²) in [7, 11) is 0. The van der Waals surface area contributed by atoms with Crippen molar-refractivity contribution < 1.29 is 13.9 Å². The van der Waals surface area contributed by atoms with E-state index in [1.54, 1.807) is 4.52 Å². The minimum absolute atomic E-state index is 0.0614. The van der Waals surface area contributed by atoms with Crippen LogP contribution in [0.2, 0.25) is 0 Å². The Morgan fingerprint density at radius 3 is 2.74 bits per heavy atom. The van der Waals surface area contributed by atoms with Crippen LogP contribution in [0, 0.1) is 26.7 Å². The number of fused-ring (bicyclic) bond motifs is 1. The van der Waals surface area contributed by atoms with Gasteiger partial charge in [-0.15, -0.1) is 5.10 Å². The predicted molar refractivity (Wildman–Crippen MR) is 100 cm³/mol. The summed E-state index contributed by atoms with van der Waals surface area (Å²) in [6, 6.07) is 5.59. The quantitative estimate of drug-likeness (QED) is 0.707. The maximum Gasteiger partial charge on any atom is 0.257 e. The van der Waals surface area contributed by atoms with Crippen molar-refractivity contribution >= 4 is 11.6 Å². The summed E-state index contributed by atoms with van der Waals surface area (Å²) in [4.78, 5) is 18.9. The van der Waals surface area contributed by atoms with Crippen LogP contribution in [0.5, 0.6) is 5.88 Å². The van der Waals surface area contributed by atoms with Crippen molar-refractivity contribution in [1.29, 1.82) is 0 Å². The summed E-state index contributed by atoms with van der Waals surface area (Å²) in [6.07, 6.45) is 3.73. The van der Waals surface area contributed by atoms with Gasteiger partial charge in [0.25, 0.3) is 5.91 Å². The van der Waals surface area contributed by atoms with Gasteiger partial charge in [-0.1, -0.05) is 0 Å². The van der Waals surface area contributed by atoms with Gasteiger partial charge < -0.3 is 14.1 Å². The second-order valence-electron chi connectivity index (χ2n) is 7.23. The Balaban J connectivity index is 1.31. The van der Waals surface area contributed by atoms with Crippen molar-refractivity contribution in [3.63, 3.8) is 0 Å². The molecule has 0 radical (unpaired) electrons. The van der Waals surface area contributed by atoms with E-state index in [2.05, 4.69) is 10.1 Å². The smallest absolute Gasteiger partial charge is 0.257 e. The molecule has 1 fully saturated rings. The highest BCUT2D eigenvalue weighted by molar-refractivity contribution is 5.95. The zero-order valence-electron chi connectivity index (χ0n) is 15.9. The minimum atomic E-state index is 0.0614. The maximum absolute atomic E-state index is 12.7. The first-order valence-electron chi connectivity index (χ1n) is 9.32. The summed E-state index contributed by atoms with van der Waals surface area (Å²) in [5.74, 6) is 2.55. The molecule has 1 saturated heterocycles. The number of rotatable bonds is 4. The lowest BCUT2D eigenvalue weighted by molar-refractivity contribution is 0.0657. The lowest BCUT2D eigenvalue weighted by atomic mass is 9.97. The van der Waals surface area contributed by atoms with Crippen molar-refractivity contribution in [3.05, 3.63) is 47.2 Å². The van der Waals surface area contributed by atoms with Crippen LogP contribution in [-0.2, 0) is 0 Å². The highest BCUT2D eigenvalue weighted by Gasteiger charge is 2.26. The zero-order valence-corrected chi connectivity index (χ0v) is 15.9. The van der Waals surface area contributed by atoms with Gasteiger partial charge in [0, 0.05) is 19.2 Å². The van der Waals surface area contributed by atoms with Gasteiger partial charge in [0.2, 0.25) is 5.88 Å². The standard InChI is InChI=1S/C20H24N4O3/c1-13-11-24-18(21-13)4-5-19(22-24)26-12-16-6-8-23(9-7-16)20(25)17-10-14(2)27-15(17)3/h4-5,10-11,16H,6-9,12H2,1-3H3. The lowest BCUT2D eigenvalue weighted by Gasteiger charge is -2.31. The van der Waals surface area contributed by atoms with Gasteiger partial charge in [-0.3, -0.25) is 4.79 Å². The number of aryl methyl sites for hydroxylation is 3. The molecule has 0 spiro atoms. The van der Waals surface area contributed by atoms with Gasteiger partial charge in [0.1, 0.15) is 11.5 Å². The monoisotopic (exact) mass is 368 g/mol. The SMILES string of the molecule is Cc1cn2nc(OCC3CCN(C(=O)c4cc(C)oc4C)CC3)ccc2n1. The number of amides is 1. The van der Waals surface area contributed by atoms with Crippen molar-refractivity contribution in [2.45, 2.75) is 33.6 Å². The summed E-state index contributed by atoms with van der Waals surface area (Å²) < 4.78 is 13.1. The van der Waals surface area contributed by atoms with Gasteiger partial charge in [-0.25, -0.2) is 9.50 Å². The number of hydrogen-bond acceptors (Lipinski definition) is 5. The molecule has 7 nitrogen and oxygen atoms in total. The molecule has 27 heavy (non-hydrogen) atoms. The van der Waals surface area contributed by atoms with Gasteiger partial charge >= 0.3 is 0 Å². The van der Waals surface area contributed by atoms with Gasteiger partial charge in [0.15, 0.2) is 5.65 Å². The fourth-order valence-corrected chi connectivity index (χ4v) is 3.58. The fourth-order valence-electron chi connectivity index (χ4n) is 3.58. The van der Waals surface area contributed by atoms with E-state index in [0.29, 0.717) is 29.7 Å². The normalized spacial score (nSPS) is 15.4. The molecular weight excluding hydrogens is 344 g/mol. The van der Waals surface area contributed by atoms with Crippen LogP contribution in [0.3, 0.4) is 0 Å². The average Bonchev–Trinajstić information content (AvgIpc) is 3.19. The molecule has 0 N–H and O–H groups in total. The van der Waals surface area contributed by atoms with Crippen molar-refractivity contribution in [1.82, 2.24) is 19.5 Å². The Bertz CT molecular complexity index is 967. The highest BCUT2D eigenvalue weighted by Crippen LogP contribution is 2.22. The molecule has 4 rings (SSSR count). The van der Waals surface area contributed by atoms with Crippen LogP contribution in [0.15, 0.2) is 28.8 Å². The average molecular weight is 368 g/mol. The van der Waals surface area contributed by atoms with Crippen LogP contribution < -0.4 is 4.74 Å². The molecule has 0 saturated carbocycles. The Morgan fingerprint density at radius 1 is 1.26 bits per heavy atom. The molecule has 0 unspecified atom stereocenters. The number of likely N-dealkylation sites (tertiary alicyclic amines) is 1. The summed E-state index contributed by atoms with van der Waals surface area (Å²) in [6.45, 7) is 7.73. The molecule has 1 aliphatic rings. The second kappa shape index (κ2) is 7.06. The van der Waals surface area contributed by atoms with Crippen LogP contribution in [-0.4, -0.2) is 45.1 Å². The Hall–Kier alpha value is -2.83. The number of piperidine rings is 1. The molecule has 4 heterocycles. The molecule has 1 amide bonds. The first-order valence-corrected chi connectivity index (χ1v) is 9.32. The van der Waals surface area contributed by atoms with E-state index in [1.165, 1.54) is 0 Å². The topological polar surface area (TPSA) is 72.9 Å². The van der Waals surface area contributed by atoms with Gasteiger partial charge in [-0.05, 0) is 51.7 Å². The van der Waals surface area contributed by atoms with Crippen LogP contribution in [0.4, 0.5) is 0 Å². The Labute approximate surface area is 157 Å². The fraction of sp³-hybridized carbons (Fsp3) is 0.450. The minimum Gasteiger partial charge on any atom is -0.476 e. The molecule has 7 heteroatoms. The molecular formula is C20H24N4O3. The van der Waals surface area contributed by atoms with Crippen molar-refractivity contribution in [2.24, 2.45) is 5.92 Å². The van der Waals surface area contributed by atoms with Crippen LogP contribution >= 0.6 is 0 Å². The Morgan fingerprint density at radius 2 is 2.04 bits per heavy atom. The third kappa shape index (κ3) is 3.67. The number of carbonyl (C=O) groups excluding carboxylic acids is 1. The van der Waals surface area contributed by atoms with E-state index in [9.17, 15) is 4.79 Å². The molecule has 3 aromatic heterocycles. The van der Waals surface area contributed by atoms with Gasteiger partial charge in [-0.2, -0.15) is 0 Å². The molecule has 0 atom stereocenters. The molecule has 0 bridgehead atoms. The summed E-state index contributed by atoms with van der Waals surface area (Å²) >= 11 is 0. The highest BCUT2D eigenvalue weighted by atomic mass is 16.5. The third-order valence-electron chi connectivity index (χ3n) is 5.06. The first kappa shape index (κ1) is 17.6. The zero-order chi connectivity index (χ0) is 19.0. The van der Waals surface area contributed by atoms with E-state index < -0.39 is 0 Å². The number of aromatic nitrogens is 3. The maximum atomic E-state index is 12.7. The molecule has 0 aliphatic carbocycles. The number of furan rings is 1. The molecule has 0 aromatic carbocycles. The molecule has 142 valence electrons. The number of hydrogen-bond donors (Lipinski definition) is 0. The Kier molecular flexibility index (Phi) is 4.59. The number of imidazole rings is 1. The largest absolute Gasteiger partial charge is 0.476 e. The van der Waals surface area contributed by atoms with E-state index in [1.807, 2.05) is 50.1 Å². The number of carbonyl (C=O) groups is 1. The van der Waals surface area contributed by atoms with E-state index in [-0.39, 0.29) is 5.91 Å². The van der Waals surface area contributed by atoms with Crippen LogP contribution in [0.25, 0.3) is 5.65 Å². The number of ether oxygens (including phenoxy) is 1. The van der Waals surface area contributed by atoms with E-state index >= 15 is 0 Å². The van der Waals surface area contributed by atoms with Gasteiger partial charge in [0.05, 0.1) is 24.1 Å². The molecule has 3 aromatic rings. The van der Waals surface area contributed by atoms with Crippen molar-refractivity contribution in [2.75, 3.05) is 19.7 Å². The lowest BCUT2D eigenvalue weighted by Crippen LogP contribution is -2.39. The third-order valence-corrected chi connectivity index (χ3v) is 5.06. The summed E-state index contributed by atoms with van der Waals surface area (Å²) in [5.41, 5.74) is 2.42. The number of nitrogens with zero attached hydrogens (tertiary/aromatic N) is 4. The van der Waals surface area contributed by atoms with Crippen molar-refractivity contribution in [3.8, 4) is 5.88 Å². The van der Waals surface area contributed by atoms with E-state index in [0.717, 1.165) is 43.0 Å². The molecule has 1 aliphatic heterocycles. The first-order chi connectivity index (χ1) is 13.0.